The summed E-state index contributed by atoms with van der Waals surface area (Å²) in [5.74, 6) is 0.917. The Balaban J connectivity index is 1.83. The summed E-state index contributed by atoms with van der Waals surface area (Å²) >= 11 is 0. The first-order chi connectivity index (χ1) is 11.3. The van der Waals surface area contributed by atoms with Crippen LogP contribution in [0.2, 0.25) is 0 Å². The minimum atomic E-state index is 0.160. The number of para-hydroxylation sites is 2. The summed E-state index contributed by atoms with van der Waals surface area (Å²) in [6, 6.07) is 13.0. The maximum Gasteiger partial charge on any atom is 0.141 e. The molecule has 0 aromatic heterocycles. The van der Waals surface area contributed by atoms with E-state index < -0.39 is 0 Å². The summed E-state index contributed by atoms with van der Waals surface area (Å²) in [6.07, 6.45) is 1.71. The SMILES string of the molecule is COc1cc(N2CCOCC2)ccc1C=Nc1ccccc1O. The fourth-order valence-corrected chi connectivity index (χ4v) is 2.54. The van der Waals surface area contributed by atoms with Crippen molar-refractivity contribution in [3.63, 3.8) is 0 Å². The molecule has 23 heavy (non-hydrogen) atoms. The average molecular weight is 312 g/mol. The Morgan fingerprint density at radius 2 is 1.96 bits per heavy atom. The third kappa shape index (κ3) is 3.63. The van der Waals surface area contributed by atoms with Gasteiger partial charge in [-0.1, -0.05) is 12.1 Å². The van der Waals surface area contributed by atoms with E-state index in [0.717, 1.165) is 43.3 Å². The molecule has 0 amide bonds. The largest absolute Gasteiger partial charge is 0.506 e. The predicted octanol–water partition coefficient (Wildman–Crippen LogP) is 2.99. The number of nitrogens with zero attached hydrogens (tertiary/aromatic N) is 2. The lowest BCUT2D eigenvalue weighted by Gasteiger charge is -2.29. The number of phenols is 1. The van der Waals surface area contributed by atoms with E-state index >= 15 is 0 Å². The van der Waals surface area contributed by atoms with Crippen molar-refractivity contribution < 1.29 is 14.6 Å². The van der Waals surface area contributed by atoms with Gasteiger partial charge in [-0.15, -0.1) is 0 Å². The molecule has 2 aromatic carbocycles. The Labute approximate surface area is 135 Å². The molecule has 0 saturated carbocycles. The van der Waals surface area contributed by atoms with Crippen molar-refractivity contribution in [2.24, 2.45) is 4.99 Å². The highest BCUT2D eigenvalue weighted by molar-refractivity contribution is 5.87. The Kier molecular flexibility index (Phi) is 4.78. The molecule has 5 heteroatoms. The molecule has 2 aromatic rings. The zero-order valence-electron chi connectivity index (χ0n) is 13.1. The van der Waals surface area contributed by atoms with Crippen LogP contribution in [0.1, 0.15) is 5.56 Å². The van der Waals surface area contributed by atoms with Gasteiger partial charge >= 0.3 is 0 Å². The van der Waals surface area contributed by atoms with Crippen LogP contribution in [0.3, 0.4) is 0 Å². The van der Waals surface area contributed by atoms with E-state index in [1.165, 1.54) is 0 Å². The lowest BCUT2D eigenvalue weighted by Crippen LogP contribution is -2.36. The lowest BCUT2D eigenvalue weighted by molar-refractivity contribution is 0.122. The van der Waals surface area contributed by atoms with Gasteiger partial charge in [0.15, 0.2) is 0 Å². The summed E-state index contributed by atoms with van der Waals surface area (Å²) in [5, 5.41) is 9.77. The number of aliphatic imine (C=N–C) groups is 1. The maximum atomic E-state index is 9.77. The molecule has 1 N–H and O–H groups in total. The zero-order valence-corrected chi connectivity index (χ0v) is 13.1. The summed E-state index contributed by atoms with van der Waals surface area (Å²) in [4.78, 5) is 6.61. The second-order valence-corrected chi connectivity index (χ2v) is 5.27. The van der Waals surface area contributed by atoms with E-state index in [4.69, 9.17) is 9.47 Å². The highest BCUT2D eigenvalue weighted by Crippen LogP contribution is 2.28. The van der Waals surface area contributed by atoms with Crippen molar-refractivity contribution in [3.05, 3.63) is 48.0 Å². The van der Waals surface area contributed by atoms with E-state index in [1.807, 2.05) is 18.2 Å². The van der Waals surface area contributed by atoms with Crippen LogP contribution in [-0.2, 0) is 4.74 Å². The highest BCUT2D eigenvalue weighted by atomic mass is 16.5. The van der Waals surface area contributed by atoms with Crippen molar-refractivity contribution in [3.8, 4) is 11.5 Å². The van der Waals surface area contributed by atoms with Gasteiger partial charge in [0.05, 0.1) is 20.3 Å². The van der Waals surface area contributed by atoms with Gasteiger partial charge in [-0.3, -0.25) is 4.99 Å². The van der Waals surface area contributed by atoms with E-state index in [0.29, 0.717) is 5.69 Å². The van der Waals surface area contributed by atoms with Crippen LogP contribution in [0.15, 0.2) is 47.5 Å². The van der Waals surface area contributed by atoms with E-state index in [2.05, 4.69) is 16.0 Å². The Morgan fingerprint density at radius 3 is 2.70 bits per heavy atom. The monoisotopic (exact) mass is 312 g/mol. The van der Waals surface area contributed by atoms with Gasteiger partial charge in [-0.2, -0.15) is 0 Å². The quantitative estimate of drug-likeness (QED) is 0.882. The molecule has 1 fully saturated rings. The van der Waals surface area contributed by atoms with Gasteiger partial charge in [0, 0.05) is 36.6 Å². The molecule has 0 unspecified atom stereocenters. The highest BCUT2D eigenvalue weighted by Gasteiger charge is 2.13. The van der Waals surface area contributed by atoms with Crippen LogP contribution in [0.5, 0.6) is 11.5 Å². The van der Waals surface area contributed by atoms with E-state index in [-0.39, 0.29) is 5.75 Å². The molecular weight excluding hydrogens is 292 g/mol. The predicted molar refractivity (Wildman–Crippen MR) is 91.4 cm³/mol. The van der Waals surface area contributed by atoms with Gasteiger partial charge in [-0.05, 0) is 24.3 Å². The third-order valence-corrected chi connectivity index (χ3v) is 3.82. The van der Waals surface area contributed by atoms with Crippen LogP contribution in [0.25, 0.3) is 0 Å². The number of hydrogen-bond acceptors (Lipinski definition) is 5. The van der Waals surface area contributed by atoms with E-state index in [1.54, 1.807) is 31.5 Å². The maximum absolute atomic E-state index is 9.77. The first-order valence-electron chi connectivity index (χ1n) is 7.61. The Bertz CT molecular complexity index is 694. The molecule has 0 radical (unpaired) electrons. The number of aromatic hydroxyl groups is 1. The average Bonchev–Trinajstić information content (AvgIpc) is 2.61. The molecule has 0 bridgehead atoms. The van der Waals surface area contributed by atoms with Gasteiger partial charge in [0.2, 0.25) is 0 Å². The number of anilines is 1. The topological polar surface area (TPSA) is 54.3 Å². The molecule has 0 atom stereocenters. The van der Waals surface area contributed by atoms with Gasteiger partial charge in [0.1, 0.15) is 17.2 Å². The lowest BCUT2D eigenvalue weighted by atomic mass is 10.1. The minimum Gasteiger partial charge on any atom is -0.506 e. The number of ether oxygens (including phenoxy) is 2. The molecular formula is C18H20N2O3. The van der Waals surface area contributed by atoms with Gasteiger partial charge < -0.3 is 19.5 Å². The van der Waals surface area contributed by atoms with Crippen LogP contribution in [0, 0.1) is 0 Å². The normalized spacial score (nSPS) is 15.1. The zero-order chi connectivity index (χ0) is 16.1. The summed E-state index contributed by atoms with van der Waals surface area (Å²) < 4.78 is 10.9. The molecule has 120 valence electrons. The fourth-order valence-electron chi connectivity index (χ4n) is 2.54. The second kappa shape index (κ2) is 7.15. The first kappa shape index (κ1) is 15.4. The number of hydrogen-bond donors (Lipinski definition) is 1. The first-order valence-corrected chi connectivity index (χ1v) is 7.61. The van der Waals surface area contributed by atoms with Crippen LogP contribution >= 0.6 is 0 Å². The molecule has 0 aliphatic carbocycles. The van der Waals surface area contributed by atoms with Gasteiger partial charge in [-0.25, -0.2) is 0 Å². The third-order valence-electron chi connectivity index (χ3n) is 3.82. The molecule has 0 spiro atoms. The van der Waals surface area contributed by atoms with Crippen LogP contribution in [-0.4, -0.2) is 44.7 Å². The Hall–Kier alpha value is -2.53. The molecule has 1 aliphatic heterocycles. The molecule has 1 aliphatic rings. The van der Waals surface area contributed by atoms with Gasteiger partial charge in [0.25, 0.3) is 0 Å². The van der Waals surface area contributed by atoms with Crippen molar-refractivity contribution in [1.29, 1.82) is 0 Å². The molecule has 3 rings (SSSR count). The van der Waals surface area contributed by atoms with Crippen molar-refractivity contribution >= 4 is 17.6 Å². The minimum absolute atomic E-state index is 0.160. The summed E-state index contributed by atoms with van der Waals surface area (Å²) in [5.41, 5.74) is 2.52. The number of phenolic OH excluding ortho intramolecular Hbond substituents is 1. The second-order valence-electron chi connectivity index (χ2n) is 5.27. The van der Waals surface area contributed by atoms with Crippen LogP contribution in [0.4, 0.5) is 11.4 Å². The fraction of sp³-hybridized carbons (Fsp3) is 0.278. The summed E-state index contributed by atoms with van der Waals surface area (Å²) in [7, 11) is 1.65. The molecule has 1 heterocycles. The van der Waals surface area contributed by atoms with E-state index in [9.17, 15) is 5.11 Å². The van der Waals surface area contributed by atoms with Crippen LogP contribution < -0.4 is 9.64 Å². The number of rotatable bonds is 4. The number of morpholine rings is 1. The Morgan fingerprint density at radius 1 is 1.17 bits per heavy atom. The standard InChI is InChI=1S/C18H20N2O3/c1-22-18-12-15(20-8-10-23-11-9-20)7-6-14(18)13-19-16-4-2-3-5-17(16)21/h2-7,12-13,21H,8-11H2,1H3. The number of methoxy groups -OCH3 is 1. The number of benzene rings is 2. The van der Waals surface area contributed by atoms with Crippen molar-refractivity contribution in [2.45, 2.75) is 0 Å². The summed E-state index contributed by atoms with van der Waals surface area (Å²) in [6.45, 7) is 3.26. The molecule has 5 nitrogen and oxygen atoms in total. The smallest absolute Gasteiger partial charge is 0.141 e. The van der Waals surface area contributed by atoms with Crippen molar-refractivity contribution in [2.75, 3.05) is 38.3 Å². The molecule has 1 saturated heterocycles. The van der Waals surface area contributed by atoms with Crippen molar-refractivity contribution in [1.82, 2.24) is 0 Å².